The molecule has 82 valence electrons. The van der Waals surface area contributed by atoms with Crippen molar-refractivity contribution in [1.82, 2.24) is 0 Å². The normalized spacial score (nSPS) is 10.6. The van der Waals surface area contributed by atoms with Gasteiger partial charge >= 0.3 is 11.9 Å². The number of aryl methyl sites for hydroxylation is 2. The van der Waals surface area contributed by atoms with Crippen molar-refractivity contribution in [3.63, 3.8) is 0 Å². The average Bonchev–Trinajstić information content (AvgIpc) is 2.41. The second kappa shape index (κ2) is 4.16. The number of carboxylic acids is 2. The van der Waals surface area contributed by atoms with Gasteiger partial charge in [-0.25, -0.2) is 0 Å². The van der Waals surface area contributed by atoms with Crippen LogP contribution in [0.2, 0.25) is 0 Å². The third-order valence-electron chi connectivity index (χ3n) is 2.22. The number of hydrogen-bond acceptors (Lipinski definition) is 3. The molecule has 1 rings (SSSR count). The van der Waals surface area contributed by atoms with Gasteiger partial charge in [-0.3, -0.25) is 9.59 Å². The molecule has 1 heterocycles. The van der Waals surface area contributed by atoms with Gasteiger partial charge in [0.25, 0.3) is 0 Å². The van der Waals surface area contributed by atoms with Gasteiger partial charge in [0.05, 0.1) is 0 Å². The maximum atomic E-state index is 10.6. The van der Waals surface area contributed by atoms with Crippen molar-refractivity contribution in [2.45, 2.75) is 20.3 Å². The molecule has 0 aliphatic carbocycles. The number of hydrogen-bond donors (Lipinski definition) is 2. The van der Waals surface area contributed by atoms with Crippen LogP contribution in [-0.4, -0.2) is 22.2 Å². The molecule has 0 aliphatic heterocycles. The smallest absolute Gasteiger partial charge is 0.318 e. The van der Waals surface area contributed by atoms with Gasteiger partial charge < -0.3 is 14.6 Å². The van der Waals surface area contributed by atoms with E-state index in [1.807, 2.05) is 6.92 Å². The molecule has 5 heteroatoms. The first-order valence-electron chi connectivity index (χ1n) is 4.43. The molecule has 15 heavy (non-hydrogen) atoms. The van der Waals surface area contributed by atoms with Gasteiger partial charge in [-0.15, -0.1) is 0 Å². The van der Waals surface area contributed by atoms with Gasteiger partial charge in [-0.2, -0.15) is 0 Å². The Labute approximate surface area is 86.3 Å². The van der Waals surface area contributed by atoms with Gasteiger partial charge in [0.2, 0.25) is 0 Å². The van der Waals surface area contributed by atoms with Crippen molar-refractivity contribution in [1.29, 1.82) is 0 Å². The van der Waals surface area contributed by atoms with Crippen LogP contribution >= 0.6 is 0 Å². The molecule has 0 saturated carbocycles. The largest absolute Gasteiger partial charge is 0.481 e. The van der Waals surface area contributed by atoms with Crippen LogP contribution in [-0.2, 0) is 16.0 Å². The number of furan rings is 1. The summed E-state index contributed by atoms with van der Waals surface area (Å²) < 4.78 is 5.22. The molecule has 0 spiro atoms. The van der Waals surface area contributed by atoms with Crippen LogP contribution in [0.5, 0.6) is 0 Å². The summed E-state index contributed by atoms with van der Waals surface area (Å²) in [6, 6.07) is 1.66. The standard InChI is InChI=1S/C10H12O5/c1-5-3-7(15-6(5)2)4-8(9(11)12)10(13)14/h3,8H,4H2,1-2H3,(H,11,12)(H,13,14). The van der Waals surface area contributed by atoms with E-state index in [1.165, 1.54) is 0 Å². The molecule has 0 aromatic carbocycles. The van der Waals surface area contributed by atoms with Gasteiger partial charge in [0.1, 0.15) is 11.5 Å². The predicted octanol–water partition coefficient (Wildman–Crippen LogP) is 1.22. The summed E-state index contributed by atoms with van der Waals surface area (Å²) in [4.78, 5) is 21.2. The molecule has 1 aromatic rings. The highest BCUT2D eigenvalue weighted by Crippen LogP contribution is 2.17. The molecule has 0 aliphatic rings. The van der Waals surface area contributed by atoms with Crippen LogP contribution in [0.3, 0.4) is 0 Å². The van der Waals surface area contributed by atoms with Crippen molar-refractivity contribution in [3.8, 4) is 0 Å². The molecule has 0 atom stereocenters. The Kier molecular flexibility index (Phi) is 3.14. The molecular formula is C10H12O5. The molecule has 0 saturated heterocycles. The summed E-state index contributed by atoms with van der Waals surface area (Å²) in [5.74, 6) is -3.09. The molecule has 0 bridgehead atoms. The SMILES string of the molecule is Cc1cc(CC(C(=O)O)C(=O)O)oc1C. The van der Waals surface area contributed by atoms with E-state index in [0.29, 0.717) is 11.5 Å². The lowest BCUT2D eigenvalue weighted by atomic mass is 10.0. The van der Waals surface area contributed by atoms with Crippen LogP contribution in [0.4, 0.5) is 0 Å². The summed E-state index contributed by atoms with van der Waals surface area (Å²) in [5.41, 5.74) is 0.888. The van der Waals surface area contributed by atoms with E-state index in [0.717, 1.165) is 5.56 Å². The van der Waals surface area contributed by atoms with Gasteiger partial charge in [-0.05, 0) is 25.5 Å². The van der Waals surface area contributed by atoms with Crippen LogP contribution in [0.15, 0.2) is 10.5 Å². The van der Waals surface area contributed by atoms with Gasteiger partial charge in [0.15, 0.2) is 5.92 Å². The number of carboxylic acid groups (broad SMARTS) is 2. The third kappa shape index (κ3) is 2.59. The van der Waals surface area contributed by atoms with Crippen LogP contribution in [0.25, 0.3) is 0 Å². The summed E-state index contributed by atoms with van der Waals surface area (Å²) in [6.45, 7) is 3.56. The quantitative estimate of drug-likeness (QED) is 0.732. The fourth-order valence-corrected chi connectivity index (χ4v) is 1.23. The van der Waals surface area contributed by atoms with E-state index in [9.17, 15) is 9.59 Å². The summed E-state index contributed by atoms with van der Waals surface area (Å²) >= 11 is 0. The molecule has 5 nitrogen and oxygen atoms in total. The van der Waals surface area contributed by atoms with Crippen LogP contribution < -0.4 is 0 Å². The second-order valence-corrected chi connectivity index (χ2v) is 3.39. The van der Waals surface area contributed by atoms with Crippen molar-refractivity contribution in [3.05, 3.63) is 23.2 Å². The fraction of sp³-hybridized carbons (Fsp3) is 0.400. The van der Waals surface area contributed by atoms with Gasteiger partial charge in [0, 0.05) is 6.42 Å². The Bertz CT molecular complexity index is 357. The average molecular weight is 212 g/mol. The molecule has 0 unspecified atom stereocenters. The van der Waals surface area contributed by atoms with Crippen LogP contribution in [0.1, 0.15) is 17.1 Å². The van der Waals surface area contributed by atoms with E-state index in [4.69, 9.17) is 14.6 Å². The lowest BCUT2D eigenvalue weighted by Crippen LogP contribution is -2.25. The van der Waals surface area contributed by atoms with E-state index in [1.54, 1.807) is 13.0 Å². The molecule has 0 amide bonds. The molecule has 2 N–H and O–H groups in total. The minimum atomic E-state index is -1.45. The Hall–Kier alpha value is -1.78. The minimum Gasteiger partial charge on any atom is -0.481 e. The summed E-state index contributed by atoms with van der Waals surface area (Å²) in [7, 11) is 0. The van der Waals surface area contributed by atoms with Gasteiger partial charge in [-0.1, -0.05) is 0 Å². The summed E-state index contributed by atoms with van der Waals surface area (Å²) in [5, 5.41) is 17.3. The van der Waals surface area contributed by atoms with E-state index >= 15 is 0 Å². The first-order valence-corrected chi connectivity index (χ1v) is 4.43. The Morgan fingerprint density at radius 2 is 1.87 bits per heavy atom. The number of carbonyl (C=O) groups is 2. The van der Waals surface area contributed by atoms with E-state index < -0.39 is 17.9 Å². The topological polar surface area (TPSA) is 87.7 Å². The molecule has 1 aromatic heterocycles. The third-order valence-corrected chi connectivity index (χ3v) is 2.22. The molecular weight excluding hydrogens is 200 g/mol. The first-order chi connectivity index (χ1) is 6.91. The maximum Gasteiger partial charge on any atom is 0.318 e. The number of rotatable bonds is 4. The monoisotopic (exact) mass is 212 g/mol. The van der Waals surface area contributed by atoms with E-state index in [2.05, 4.69) is 0 Å². The molecule has 0 fully saturated rings. The zero-order chi connectivity index (χ0) is 11.6. The highest BCUT2D eigenvalue weighted by Gasteiger charge is 2.27. The Morgan fingerprint density at radius 3 is 2.20 bits per heavy atom. The Morgan fingerprint density at radius 1 is 1.33 bits per heavy atom. The van der Waals surface area contributed by atoms with Crippen molar-refractivity contribution >= 4 is 11.9 Å². The first kappa shape index (κ1) is 11.3. The lowest BCUT2D eigenvalue weighted by molar-refractivity contribution is -0.154. The zero-order valence-corrected chi connectivity index (χ0v) is 8.48. The Balaban J connectivity index is 2.83. The van der Waals surface area contributed by atoms with Crippen molar-refractivity contribution in [2.75, 3.05) is 0 Å². The van der Waals surface area contributed by atoms with Crippen molar-refractivity contribution in [2.24, 2.45) is 5.92 Å². The van der Waals surface area contributed by atoms with Crippen molar-refractivity contribution < 1.29 is 24.2 Å². The minimum absolute atomic E-state index is 0.126. The molecule has 0 radical (unpaired) electrons. The number of aliphatic carboxylic acids is 2. The van der Waals surface area contributed by atoms with Crippen LogP contribution in [0, 0.1) is 19.8 Å². The maximum absolute atomic E-state index is 10.6. The second-order valence-electron chi connectivity index (χ2n) is 3.39. The predicted molar refractivity (Wildman–Crippen MR) is 50.6 cm³/mol. The fourth-order valence-electron chi connectivity index (χ4n) is 1.23. The summed E-state index contributed by atoms with van der Waals surface area (Å²) in [6.07, 6.45) is -0.126. The highest BCUT2D eigenvalue weighted by atomic mass is 16.4. The highest BCUT2D eigenvalue weighted by molar-refractivity contribution is 5.93. The van der Waals surface area contributed by atoms with E-state index in [-0.39, 0.29) is 6.42 Å². The lowest BCUT2D eigenvalue weighted by Gasteiger charge is -2.03. The zero-order valence-electron chi connectivity index (χ0n) is 8.48.